The van der Waals surface area contributed by atoms with Crippen molar-refractivity contribution in [2.24, 2.45) is 0 Å². The van der Waals surface area contributed by atoms with Gasteiger partial charge in [-0.2, -0.15) is 0 Å². The van der Waals surface area contributed by atoms with Crippen LogP contribution in [0, 0.1) is 12.7 Å². The molecule has 0 radical (unpaired) electrons. The first kappa shape index (κ1) is 19.5. The van der Waals surface area contributed by atoms with E-state index in [-0.39, 0.29) is 17.8 Å². The number of urea groups is 1. The zero-order valence-electron chi connectivity index (χ0n) is 15.3. The number of thiazole rings is 1. The minimum Gasteiger partial charge on any atom is -0.345 e. The molecule has 144 valence electrons. The van der Waals surface area contributed by atoms with E-state index in [2.05, 4.69) is 20.9 Å². The fraction of sp³-hybridized carbons (Fsp3) is 0.150. The molecule has 1 heterocycles. The first-order chi connectivity index (χ1) is 13.4. The number of nitrogens with one attached hydrogen (secondary N) is 3. The normalized spacial score (nSPS) is 11.5. The summed E-state index contributed by atoms with van der Waals surface area (Å²) in [5, 5.41) is 8.40. The summed E-state index contributed by atoms with van der Waals surface area (Å²) in [7, 11) is 0. The molecule has 3 amide bonds. The molecule has 6 nitrogen and oxygen atoms in total. The lowest BCUT2D eigenvalue weighted by Gasteiger charge is -2.13. The van der Waals surface area contributed by atoms with Gasteiger partial charge in [0.2, 0.25) is 0 Å². The number of carbonyl (C=O) groups excluding carboxylic acids is 2. The number of carbonyl (C=O) groups is 2. The van der Waals surface area contributed by atoms with E-state index in [0.29, 0.717) is 21.4 Å². The zero-order valence-corrected chi connectivity index (χ0v) is 16.1. The minimum atomic E-state index is -0.523. The van der Waals surface area contributed by atoms with E-state index < -0.39 is 6.03 Å². The molecule has 0 spiro atoms. The van der Waals surface area contributed by atoms with Crippen molar-refractivity contribution in [2.75, 3.05) is 10.6 Å². The van der Waals surface area contributed by atoms with Gasteiger partial charge in [-0.15, -0.1) is 0 Å². The number of rotatable bonds is 5. The fourth-order valence-electron chi connectivity index (χ4n) is 2.54. The lowest BCUT2D eigenvalue weighted by Crippen LogP contribution is -2.26. The maximum Gasteiger partial charge on any atom is 0.325 e. The van der Waals surface area contributed by atoms with Gasteiger partial charge in [0.05, 0.1) is 11.7 Å². The van der Waals surface area contributed by atoms with Crippen molar-refractivity contribution in [1.29, 1.82) is 0 Å². The van der Waals surface area contributed by atoms with Gasteiger partial charge < -0.3 is 10.6 Å². The molecule has 0 saturated heterocycles. The molecular formula is C20H19FN4O2S. The van der Waals surface area contributed by atoms with Crippen molar-refractivity contribution in [3.8, 4) is 0 Å². The predicted octanol–water partition coefficient (Wildman–Crippen LogP) is 4.73. The molecule has 0 aliphatic rings. The second-order valence-corrected chi connectivity index (χ2v) is 7.12. The van der Waals surface area contributed by atoms with Crippen LogP contribution < -0.4 is 16.0 Å². The highest BCUT2D eigenvalue weighted by molar-refractivity contribution is 7.17. The van der Waals surface area contributed by atoms with Gasteiger partial charge in [-0.3, -0.25) is 10.1 Å². The number of amides is 3. The van der Waals surface area contributed by atoms with Crippen molar-refractivity contribution in [3.63, 3.8) is 0 Å². The van der Waals surface area contributed by atoms with Gasteiger partial charge in [0, 0.05) is 5.69 Å². The standard InChI is InChI=1S/C20H19FN4O2S/c1-12(14-6-4-3-5-7-14)22-18(26)17-13(2)23-20(28-17)25-19(27)24-16-10-8-15(21)9-11-16/h3-12H,1-2H3,(H,22,26)(H2,23,24,25,27). The second kappa shape index (κ2) is 8.62. The average molecular weight is 398 g/mol. The van der Waals surface area contributed by atoms with Crippen LogP contribution in [0.25, 0.3) is 0 Å². The average Bonchev–Trinajstić information content (AvgIpc) is 3.04. The Hall–Kier alpha value is -3.26. The Morgan fingerprint density at radius 3 is 2.39 bits per heavy atom. The molecule has 3 N–H and O–H groups in total. The molecule has 0 aliphatic heterocycles. The molecule has 3 rings (SSSR count). The predicted molar refractivity (Wildman–Crippen MR) is 108 cm³/mol. The van der Waals surface area contributed by atoms with Gasteiger partial charge in [0.1, 0.15) is 10.7 Å². The largest absolute Gasteiger partial charge is 0.345 e. The summed E-state index contributed by atoms with van der Waals surface area (Å²) in [6.07, 6.45) is 0. The quantitative estimate of drug-likeness (QED) is 0.581. The SMILES string of the molecule is Cc1nc(NC(=O)Nc2ccc(F)cc2)sc1C(=O)NC(C)c1ccccc1. The Morgan fingerprint density at radius 2 is 1.71 bits per heavy atom. The van der Waals surface area contributed by atoms with Crippen LogP contribution in [0.3, 0.4) is 0 Å². The topological polar surface area (TPSA) is 83.1 Å². The van der Waals surface area contributed by atoms with E-state index in [1.165, 1.54) is 24.3 Å². The first-order valence-electron chi connectivity index (χ1n) is 8.59. The van der Waals surface area contributed by atoms with Crippen molar-refractivity contribution < 1.29 is 14.0 Å². The summed E-state index contributed by atoms with van der Waals surface area (Å²) in [4.78, 5) is 29.3. The number of hydrogen-bond acceptors (Lipinski definition) is 4. The van der Waals surface area contributed by atoms with Gasteiger partial charge in [0.25, 0.3) is 5.91 Å². The smallest absolute Gasteiger partial charge is 0.325 e. The van der Waals surface area contributed by atoms with Crippen molar-refractivity contribution >= 4 is 34.1 Å². The van der Waals surface area contributed by atoms with Gasteiger partial charge in [-0.25, -0.2) is 14.2 Å². The number of nitrogens with zero attached hydrogens (tertiary/aromatic N) is 1. The summed E-state index contributed by atoms with van der Waals surface area (Å²) in [6, 6.07) is 14.3. The number of aryl methyl sites for hydroxylation is 1. The number of benzene rings is 2. The van der Waals surface area contributed by atoms with Crippen molar-refractivity contribution in [2.45, 2.75) is 19.9 Å². The highest BCUT2D eigenvalue weighted by Crippen LogP contribution is 2.24. The molecule has 1 unspecified atom stereocenters. The van der Waals surface area contributed by atoms with Gasteiger partial charge >= 0.3 is 6.03 Å². The molecular weight excluding hydrogens is 379 g/mol. The van der Waals surface area contributed by atoms with E-state index in [1.807, 2.05) is 37.3 Å². The van der Waals surface area contributed by atoms with Crippen molar-refractivity contribution in [3.05, 3.63) is 76.5 Å². The highest BCUT2D eigenvalue weighted by Gasteiger charge is 2.18. The molecule has 0 saturated carbocycles. The monoisotopic (exact) mass is 398 g/mol. The van der Waals surface area contributed by atoms with Crippen LogP contribution in [-0.2, 0) is 0 Å². The maximum atomic E-state index is 12.9. The Labute approximate surface area is 165 Å². The van der Waals surface area contributed by atoms with Crippen LogP contribution in [0.2, 0.25) is 0 Å². The molecule has 3 aromatic rings. The number of hydrogen-bond donors (Lipinski definition) is 3. The zero-order chi connectivity index (χ0) is 20.1. The molecule has 1 atom stereocenters. The second-order valence-electron chi connectivity index (χ2n) is 6.13. The summed E-state index contributed by atoms with van der Waals surface area (Å²) in [5.41, 5.74) is 1.97. The van der Waals surface area contributed by atoms with E-state index in [0.717, 1.165) is 16.9 Å². The van der Waals surface area contributed by atoms with Crippen LogP contribution in [0.5, 0.6) is 0 Å². The van der Waals surface area contributed by atoms with Gasteiger partial charge in [-0.1, -0.05) is 41.7 Å². The summed E-state index contributed by atoms with van der Waals surface area (Å²) >= 11 is 1.09. The van der Waals surface area contributed by atoms with Crippen LogP contribution in [0.15, 0.2) is 54.6 Å². The molecule has 0 aliphatic carbocycles. The maximum absolute atomic E-state index is 12.9. The minimum absolute atomic E-state index is 0.159. The van der Waals surface area contributed by atoms with Crippen LogP contribution >= 0.6 is 11.3 Å². The van der Waals surface area contributed by atoms with Crippen LogP contribution in [-0.4, -0.2) is 16.9 Å². The third-order valence-electron chi connectivity index (χ3n) is 3.97. The van der Waals surface area contributed by atoms with Crippen LogP contribution in [0.1, 0.15) is 33.9 Å². The molecule has 0 bridgehead atoms. The number of anilines is 2. The third kappa shape index (κ3) is 4.92. The molecule has 1 aromatic heterocycles. The van der Waals surface area contributed by atoms with E-state index in [4.69, 9.17) is 0 Å². The Morgan fingerprint density at radius 1 is 1.04 bits per heavy atom. The Kier molecular flexibility index (Phi) is 6.00. The molecule has 2 aromatic carbocycles. The highest BCUT2D eigenvalue weighted by atomic mass is 32.1. The molecule has 0 fully saturated rings. The van der Waals surface area contributed by atoms with Gasteiger partial charge in [-0.05, 0) is 43.7 Å². The molecule has 8 heteroatoms. The van der Waals surface area contributed by atoms with Gasteiger partial charge in [0.15, 0.2) is 5.13 Å². The van der Waals surface area contributed by atoms with E-state index >= 15 is 0 Å². The number of aromatic nitrogens is 1. The lowest BCUT2D eigenvalue weighted by molar-refractivity contribution is 0.0943. The van der Waals surface area contributed by atoms with E-state index in [1.54, 1.807) is 6.92 Å². The summed E-state index contributed by atoms with van der Waals surface area (Å²) in [6.45, 7) is 3.61. The lowest BCUT2D eigenvalue weighted by atomic mass is 10.1. The third-order valence-corrected chi connectivity index (χ3v) is 5.04. The first-order valence-corrected chi connectivity index (χ1v) is 9.41. The van der Waals surface area contributed by atoms with Crippen molar-refractivity contribution in [1.82, 2.24) is 10.3 Å². The van der Waals surface area contributed by atoms with E-state index in [9.17, 15) is 14.0 Å². The molecule has 28 heavy (non-hydrogen) atoms. The Balaban J connectivity index is 1.62. The van der Waals surface area contributed by atoms with Crippen LogP contribution in [0.4, 0.5) is 20.0 Å². The summed E-state index contributed by atoms with van der Waals surface area (Å²) in [5.74, 6) is -0.639. The Bertz CT molecular complexity index is 974. The summed E-state index contributed by atoms with van der Waals surface area (Å²) < 4.78 is 12.9. The number of halogens is 1. The fourth-order valence-corrected chi connectivity index (χ4v) is 3.41.